The fourth-order valence-corrected chi connectivity index (χ4v) is 1.44. The maximum absolute atomic E-state index is 4.24. The second-order valence-electron chi connectivity index (χ2n) is 3.54. The Morgan fingerprint density at radius 3 is 2.60 bits per heavy atom. The zero-order valence-corrected chi connectivity index (χ0v) is 9.10. The SMILES string of the molecule is Cc1nn(C)cc1NCc1cn(C)nn1. The molecule has 2 rings (SSSR count). The fraction of sp³-hybridized carbons (Fsp3) is 0.444. The van der Waals surface area contributed by atoms with Crippen LogP contribution in [-0.4, -0.2) is 24.8 Å². The van der Waals surface area contributed by atoms with Gasteiger partial charge < -0.3 is 5.32 Å². The summed E-state index contributed by atoms with van der Waals surface area (Å²) >= 11 is 0. The van der Waals surface area contributed by atoms with Crippen LogP contribution in [0.1, 0.15) is 11.4 Å². The van der Waals surface area contributed by atoms with Crippen molar-refractivity contribution >= 4 is 5.69 Å². The minimum Gasteiger partial charge on any atom is -0.376 e. The van der Waals surface area contributed by atoms with Crippen LogP contribution in [0, 0.1) is 6.92 Å². The molecular formula is C9H14N6. The van der Waals surface area contributed by atoms with Gasteiger partial charge in [0.25, 0.3) is 0 Å². The number of hydrogen-bond acceptors (Lipinski definition) is 4. The Morgan fingerprint density at radius 1 is 1.27 bits per heavy atom. The summed E-state index contributed by atoms with van der Waals surface area (Å²) in [5.74, 6) is 0. The number of anilines is 1. The van der Waals surface area contributed by atoms with Crippen LogP contribution in [0.25, 0.3) is 0 Å². The number of nitrogens with one attached hydrogen (secondary N) is 1. The molecule has 0 saturated heterocycles. The van der Waals surface area contributed by atoms with Gasteiger partial charge in [-0.25, -0.2) is 0 Å². The van der Waals surface area contributed by atoms with Crippen LogP contribution < -0.4 is 5.32 Å². The molecule has 1 N–H and O–H groups in total. The Hall–Kier alpha value is -1.85. The standard InChI is InChI=1S/C9H14N6/c1-7-9(6-14(2)12-7)10-4-8-5-15(3)13-11-8/h5-6,10H,4H2,1-3H3. The first-order valence-corrected chi connectivity index (χ1v) is 4.74. The van der Waals surface area contributed by atoms with Gasteiger partial charge in [0.1, 0.15) is 5.69 Å². The molecule has 0 atom stereocenters. The van der Waals surface area contributed by atoms with Gasteiger partial charge >= 0.3 is 0 Å². The normalized spacial score (nSPS) is 10.6. The first-order chi connectivity index (χ1) is 7.15. The van der Waals surface area contributed by atoms with Crippen molar-refractivity contribution in [3.63, 3.8) is 0 Å². The molecular weight excluding hydrogens is 192 g/mol. The summed E-state index contributed by atoms with van der Waals surface area (Å²) in [5.41, 5.74) is 2.94. The summed E-state index contributed by atoms with van der Waals surface area (Å²) in [6, 6.07) is 0. The lowest BCUT2D eigenvalue weighted by molar-refractivity contribution is 0.713. The minimum atomic E-state index is 0.667. The molecule has 2 heterocycles. The molecule has 2 aromatic heterocycles. The second-order valence-corrected chi connectivity index (χ2v) is 3.54. The van der Waals surface area contributed by atoms with Crippen molar-refractivity contribution in [2.75, 3.05) is 5.32 Å². The first kappa shape index (κ1) is 9.70. The van der Waals surface area contributed by atoms with Gasteiger partial charge in [0.2, 0.25) is 0 Å². The Bertz CT molecular complexity index is 455. The smallest absolute Gasteiger partial charge is 0.102 e. The lowest BCUT2D eigenvalue weighted by Crippen LogP contribution is -2.00. The maximum atomic E-state index is 4.24. The topological polar surface area (TPSA) is 60.6 Å². The highest BCUT2D eigenvalue weighted by Crippen LogP contribution is 2.11. The molecule has 15 heavy (non-hydrogen) atoms. The summed E-state index contributed by atoms with van der Waals surface area (Å²) < 4.78 is 3.47. The molecule has 0 bridgehead atoms. The van der Waals surface area contributed by atoms with Crippen molar-refractivity contribution < 1.29 is 0 Å². The van der Waals surface area contributed by atoms with E-state index in [4.69, 9.17) is 0 Å². The van der Waals surface area contributed by atoms with Crippen molar-refractivity contribution in [3.05, 3.63) is 23.8 Å². The van der Waals surface area contributed by atoms with Gasteiger partial charge in [-0.15, -0.1) is 5.10 Å². The number of nitrogens with zero attached hydrogens (tertiary/aromatic N) is 5. The Morgan fingerprint density at radius 2 is 2.07 bits per heavy atom. The molecule has 0 unspecified atom stereocenters. The van der Waals surface area contributed by atoms with Crippen molar-refractivity contribution in [2.24, 2.45) is 14.1 Å². The van der Waals surface area contributed by atoms with Gasteiger partial charge in [0, 0.05) is 26.5 Å². The zero-order valence-electron chi connectivity index (χ0n) is 9.10. The number of rotatable bonds is 3. The van der Waals surface area contributed by atoms with Gasteiger partial charge in [0.15, 0.2) is 0 Å². The zero-order chi connectivity index (χ0) is 10.8. The van der Waals surface area contributed by atoms with Gasteiger partial charge in [0.05, 0.1) is 17.9 Å². The second kappa shape index (κ2) is 3.72. The van der Waals surface area contributed by atoms with Crippen LogP contribution in [0.2, 0.25) is 0 Å². The summed E-state index contributed by atoms with van der Waals surface area (Å²) in [4.78, 5) is 0. The van der Waals surface area contributed by atoms with Crippen molar-refractivity contribution in [3.8, 4) is 0 Å². The Kier molecular flexibility index (Phi) is 2.40. The van der Waals surface area contributed by atoms with E-state index in [0.717, 1.165) is 17.1 Å². The van der Waals surface area contributed by atoms with E-state index in [9.17, 15) is 0 Å². The van der Waals surface area contributed by atoms with E-state index >= 15 is 0 Å². The van der Waals surface area contributed by atoms with Crippen LogP contribution in [0.3, 0.4) is 0 Å². The maximum Gasteiger partial charge on any atom is 0.102 e. The highest BCUT2D eigenvalue weighted by Gasteiger charge is 2.03. The largest absolute Gasteiger partial charge is 0.376 e. The third-order valence-electron chi connectivity index (χ3n) is 2.12. The lowest BCUT2D eigenvalue weighted by atomic mass is 10.4. The Labute approximate surface area is 87.9 Å². The molecule has 0 saturated carbocycles. The third-order valence-corrected chi connectivity index (χ3v) is 2.12. The molecule has 0 aliphatic rings. The van der Waals surface area contributed by atoms with E-state index < -0.39 is 0 Å². The monoisotopic (exact) mass is 206 g/mol. The van der Waals surface area contributed by atoms with E-state index in [0.29, 0.717) is 6.54 Å². The van der Waals surface area contributed by atoms with E-state index in [1.54, 1.807) is 9.36 Å². The highest BCUT2D eigenvalue weighted by atomic mass is 15.4. The van der Waals surface area contributed by atoms with Gasteiger partial charge in [-0.1, -0.05) is 5.21 Å². The molecule has 0 fully saturated rings. The Balaban J connectivity index is 2.01. The van der Waals surface area contributed by atoms with E-state index in [1.165, 1.54) is 0 Å². The van der Waals surface area contributed by atoms with Crippen LogP contribution in [0.15, 0.2) is 12.4 Å². The van der Waals surface area contributed by atoms with Crippen molar-refractivity contribution in [1.29, 1.82) is 0 Å². The lowest BCUT2D eigenvalue weighted by Gasteiger charge is -2.00. The summed E-state index contributed by atoms with van der Waals surface area (Å²) in [5, 5.41) is 15.4. The molecule has 6 heteroatoms. The first-order valence-electron chi connectivity index (χ1n) is 4.74. The number of aryl methyl sites for hydroxylation is 3. The third kappa shape index (κ3) is 2.15. The summed E-state index contributed by atoms with van der Waals surface area (Å²) in [7, 11) is 3.76. The molecule has 0 radical (unpaired) electrons. The van der Waals surface area contributed by atoms with E-state index in [2.05, 4.69) is 20.7 Å². The summed E-state index contributed by atoms with van der Waals surface area (Å²) in [6.45, 7) is 2.64. The summed E-state index contributed by atoms with van der Waals surface area (Å²) in [6.07, 6.45) is 3.84. The highest BCUT2D eigenvalue weighted by molar-refractivity contribution is 5.45. The minimum absolute atomic E-state index is 0.667. The number of hydrogen-bond donors (Lipinski definition) is 1. The predicted molar refractivity (Wildman–Crippen MR) is 56.3 cm³/mol. The van der Waals surface area contributed by atoms with Crippen LogP contribution in [-0.2, 0) is 20.6 Å². The van der Waals surface area contributed by atoms with Crippen LogP contribution in [0.4, 0.5) is 5.69 Å². The van der Waals surface area contributed by atoms with Crippen LogP contribution >= 0.6 is 0 Å². The molecule has 0 aliphatic carbocycles. The van der Waals surface area contributed by atoms with Crippen molar-refractivity contribution in [2.45, 2.75) is 13.5 Å². The fourth-order valence-electron chi connectivity index (χ4n) is 1.44. The van der Waals surface area contributed by atoms with Crippen LogP contribution in [0.5, 0.6) is 0 Å². The molecule has 6 nitrogen and oxygen atoms in total. The predicted octanol–water partition coefficient (Wildman–Crippen LogP) is 0.469. The molecule has 0 amide bonds. The quantitative estimate of drug-likeness (QED) is 0.793. The van der Waals surface area contributed by atoms with Gasteiger partial charge in [-0.05, 0) is 6.92 Å². The van der Waals surface area contributed by atoms with Crippen molar-refractivity contribution in [1.82, 2.24) is 24.8 Å². The average Bonchev–Trinajstić information content (AvgIpc) is 2.70. The van der Waals surface area contributed by atoms with E-state index in [1.807, 2.05) is 33.4 Å². The van der Waals surface area contributed by atoms with E-state index in [-0.39, 0.29) is 0 Å². The molecule has 0 aliphatic heterocycles. The molecule has 80 valence electrons. The molecule has 0 aromatic carbocycles. The van der Waals surface area contributed by atoms with Gasteiger partial charge in [-0.2, -0.15) is 5.10 Å². The molecule has 0 spiro atoms. The molecule has 2 aromatic rings. The number of aromatic nitrogens is 5. The van der Waals surface area contributed by atoms with Gasteiger partial charge in [-0.3, -0.25) is 9.36 Å². The average molecular weight is 206 g/mol.